The van der Waals surface area contributed by atoms with E-state index in [0.29, 0.717) is 40.3 Å². The molecule has 144 valence electrons. The number of para-hydroxylation sites is 1. The van der Waals surface area contributed by atoms with Gasteiger partial charge in [-0.3, -0.25) is 9.59 Å². The highest BCUT2D eigenvalue weighted by Crippen LogP contribution is 2.40. The van der Waals surface area contributed by atoms with Gasteiger partial charge in [-0.25, -0.2) is 4.98 Å². The summed E-state index contributed by atoms with van der Waals surface area (Å²) in [6, 6.07) is 8.75. The third kappa shape index (κ3) is 3.60. The van der Waals surface area contributed by atoms with Gasteiger partial charge in [-0.05, 0) is 37.0 Å². The third-order valence-electron chi connectivity index (χ3n) is 4.87. The molecule has 0 radical (unpaired) electrons. The summed E-state index contributed by atoms with van der Waals surface area (Å²) in [7, 11) is 0. The van der Waals surface area contributed by atoms with Crippen LogP contribution in [0.2, 0.25) is 0 Å². The number of pyridine rings is 1. The van der Waals surface area contributed by atoms with E-state index in [1.165, 1.54) is 0 Å². The molecule has 1 aliphatic carbocycles. The van der Waals surface area contributed by atoms with Crippen molar-refractivity contribution in [3.8, 4) is 0 Å². The van der Waals surface area contributed by atoms with E-state index >= 15 is 0 Å². The molecule has 0 saturated heterocycles. The van der Waals surface area contributed by atoms with E-state index in [4.69, 9.17) is 9.63 Å². The molecule has 3 aromatic rings. The zero-order valence-electron chi connectivity index (χ0n) is 15.6. The fraction of sp³-hybridized carbons (Fsp3) is 0.333. The van der Waals surface area contributed by atoms with Gasteiger partial charge in [0.1, 0.15) is 0 Å². The highest BCUT2D eigenvalue weighted by atomic mass is 16.5. The number of carbonyl (C=O) groups excluding carboxylic acids is 1. The van der Waals surface area contributed by atoms with Crippen LogP contribution in [0.3, 0.4) is 0 Å². The van der Waals surface area contributed by atoms with E-state index in [1.54, 1.807) is 24.3 Å². The molecule has 0 spiro atoms. The highest BCUT2D eigenvalue weighted by Gasteiger charge is 2.29. The van der Waals surface area contributed by atoms with Crippen molar-refractivity contribution in [2.75, 3.05) is 5.32 Å². The number of anilines is 1. The molecule has 0 aliphatic heterocycles. The Kier molecular flexibility index (Phi) is 4.81. The second-order valence-corrected chi connectivity index (χ2v) is 7.11. The normalized spacial score (nSPS) is 13.6. The summed E-state index contributed by atoms with van der Waals surface area (Å²) < 4.78 is 5.42. The Labute approximate surface area is 161 Å². The van der Waals surface area contributed by atoms with Gasteiger partial charge in [0, 0.05) is 17.3 Å². The van der Waals surface area contributed by atoms with Crippen molar-refractivity contribution in [1.82, 2.24) is 10.1 Å². The van der Waals surface area contributed by atoms with Crippen molar-refractivity contribution in [2.45, 2.75) is 44.9 Å². The maximum atomic E-state index is 13.2. The lowest BCUT2D eigenvalue weighted by Crippen LogP contribution is -2.16. The first-order chi connectivity index (χ1) is 13.6. The lowest BCUT2D eigenvalue weighted by atomic mass is 10.0. The number of aromatic nitrogens is 2. The molecule has 0 atom stereocenters. The highest BCUT2D eigenvalue weighted by molar-refractivity contribution is 6.12. The van der Waals surface area contributed by atoms with E-state index in [9.17, 15) is 9.59 Å². The molecule has 7 nitrogen and oxygen atoms in total. The van der Waals surface area contributed by atoms with Gasteiger partial charge in [-0.15, -0.1) is 0 Å². The summed E-state index contributed by atoms with van der Waals surface area (Å²) in [6.07, 6.45) is 3.50. The number of aryl methyl sites for hydroxylation is 1. The van der Waals surface area contributed by atoms with E-state index in [1.807, 2.05) is 13.0 Å². The molecule has 1 amide bonds. The van der Waals surface area contributed by atoms with Gasteiger partial charge < -0.3 is 14.9 Å². The Hall–Kier alpha value is -3.22. The summed E-state index contributed by atoms with van der Waals surface area (Å²) in [5.41, 5.74) is 3.46. The maximum Gasteiger partial charge on any atom is 0.307 e. The van der Waals surface area contributed by atoms with Gasteiger partial charge in [-0.1, -0.05) is 36.7 Å². The zero-order valence-corrected chi connectivity index (χ0v) is 15.6. The topological polar surface area (TPSA) is 105 Å². The average Bonchev–Trinajstić information content (AvgIpc) is 3.44. The Bertz CT molecular complexity index is 1050. The number of hydrogen-bond acceptors (Lipinski definition) is 5. The monoisotopic (exact) mass is 379 g/mol. The van der Waals surface area contributed by atoms with Crippen LogP contribution in [0.4, 0.5) is 5.69 Å². The first-order valence-corrected chi connectivity index (χ1v) is 9.47. The first-order valence-electron chi connectivity index (χ1n) is 9.47. The number of carbonyl (C=O) groups is 2. The van der Waals surface area contributed by atoms with Crippen LogP contribution in [-0.2, 0) is 17.6 Å². The minimum atomic E-state index is -0.951. The molecule has 28 heavy (non-hydrogen) atoms. The molecule has 1 saturated carbocycles. The molecule has 4 rings (SSSR count). The van der Waals surface area contributed by atoms with Gasteiger partial charge in [0.2, 0.25) is 0 Å². The van der Waals surface area contributed by atoms with Crippen LogP contribution in [-0.4, -0.2) is 27.1 Å². The number of hydrogen-bond donors (Lipinski definition) is 2. The van der Waals surface area contributed by atoms with Crippen LogP contribution < -0.4 is 5.32 Å². The smallest absolute Gasteiger partial charge is 0.307 e. The Balaban J connectivity index is 1.74. The number of carboxylic acids is 1. The van der Waals surface area contributed by atoms with Gasteiger partial charge in [-0.2, -0.15) is 0 Å². The quantitative estimate of drug-likeness (QED) is 0.644. The van der Waals surface area contributed by atoms with Crippen molar-refractivity contribution in [3.05, 3.63) is 52.8 Å². The summed E-state index contributed by atoms with van der Waals surface area (Å²) in [5.74, 6) is -0.907. The molecule has 7 heteroatoms. The standard InChI is InChI=1S/C21H21N3O4/c1-2-5-16-19-14(11-17(12-8-9-12)23-21(19)28-24-16)20(27)22-15-7-4-3-6-13(15)10-18(25)26/h3-4,6-7,11-12H,2,5,8-10H2,1H3,(H,22,27)(H,25,26). The van der Waals surface area contributed by atoms with Crippen molar-refractivity contribution in [1.29, 1.82) is 0 Å². The molecule has 2 aromatic heterocycles. The Morgan fingerprint density at radius 3 is 2.79 bits per heavy atom. The van der Waals surface area contributed by atoms with Crippen LogP contribution in [0.15, 0.2) is 34.9 Å². The number of carboxylic acid groups (broad SMARTS) is 1. The molecule has 0 unspecified atom stereocenters. The van der Waals surface area contributed by atoms with Crippen LogP contribution >= 0.6 is 0 Å². The lowest BCUT2D eigenvalue weighted by molar-refractivity contribution is -0.136. The first kappa shape index (κ1) is 18.2. The molecule has 1 fully saturated rings. The van der Waals surface area contributed by atoms with Gasteiger partial charge in [0.25, 0.3) is 11.6 Å². The molecule has 0 bridgehead atoms. The fourth-order valence-electron chi connectivity index (χ4n) is 3.35. The Morgan fingerprint density at radius 1 is 1.29 bits per heavy atom. The number of amides is 1. The summed E-state index contributed by atoms with van der Waals surface area (Å²) >= 11 is 0. The predicted octanol–water partition coefficient (Wildman–Crippen LogP) is 3.93. The maximum absolute atomic E-state index is 13.2. The number of nitrogens with zero attached hydrogens (tertiary/aromatic N) is 2. The zero-order chi connectivity index (χ0) is 19.7. The summed E-state index contributed by atoms with van der Waals surface area (Å²) in [5, 5.41) is 16.7. The second kappa shape index (κ2) is 7.42. The van der Waals surface area contributed by atoms with E-state index in [-0.39, 0.29) is 12.3 Å². The predicted molar refractivity (Wildman–Crippen MR) is 104 cm³/mol. The fourth-order valence-corrected chi connectivity index (χ4v) is 3.35. The molecule has 2 heterocycles. The lowest BCUT2D eigenvalue weighted by Gasteiger charge is -2.11. The second-order valence-electron chi connectivity index (χ2n) is 7.11. The van der Waals surface area contributed by atoms with Gasteiger partial charge in [0.05, 0.1) is 23.1 Å². The number of rotatable bonds is 7. The number of benzene rings is 1. The third-order valence-corrected chi connectivity index (χ3v) is 4.87. The van der Waals surface area contributed by atoms with Gasteiger partial charge in [0.15, 0.2) is 0 Å². The molecular formula is C21H21N3O4. The summed E-state index contributed by atoms with van der Waals surface area (Å²) in [4.78, 5) is 28.8. The van der Waals surface area contributed by atoms with Crippen LogP contribution in [0.25, 0.3) is 11.1 Å². The summed E-state index contributed by atoms with van der Waals surface area (Å²) in [6.45, 7) is 2.04. The SMILES string of the molecule is CCCc1noc2nc(C3CC3)cc(C(=O)Nc3ccccc3CC(=O)O)c12. The van der Waals surface area contributed by atoms with Crippen LogP contribution in [0.1, 0.15) is 59.4 Å². The van der Waals surface area contributed by atoms with Crippen molar-refractivity contribution in [3.63, 3.8) is 0 Å². The number of nitrogens with one attached hydrogen (secondary N) is 1. The molecular weight excluding hydrogens is 358 g/mol. The molecule has 1 aliphatic rings. The van der Waals surface area contributed by atoms with Crippen molar-refractivity contribution < 1.29 is 19.2 Å². The van der Waals surface area contributed by atoms with Crippen molar-refractivity contribution in [2.24, 2.45) is 0 Å². The van der Waals surface area contributed by atoms with Crippen molar-refractivity contribution >= 4 is 28.7 Å². The van der Waals surface area contributed by atoms with E-state index in [0.717, 1.165) is 30.7 Å². The number of fused-ring (bicyclic) bond motifs is 1. The van der Waals surface area contributed by atoms with E-state index < -0.39 is 5.97 Å². The largest absolute Gasteiger partial charge is 0.481 e. The van der Waals surface area contributed by atoms with Gasteiger partial charge >= 0.3 is 5.97 Å². The Morgan fingerprint density at radius 2 is 2.07 bits per heavy atom. The minimum Gasteiger partial charge on any atom is -0.481 e. The average molecular weight is 379 g/mol. The minimum absolute atomic E-state index is 0.163. The molecule has 2 N–H and O–H groups in total. The van der Waals surface area contributed by atoms with E-state index in [2.05, 4.69) is 15.5 Å². The van der Waals surface area contributed by atoms with Crippen LogP contribution in [0.5, 0.6) is 0 Å². The van der Waals surface area contributed by atoms with Crippen LogP contribution in [0, 0.1) is 0 Å². The number of aliphatic carboxylic acids is 1. The molecule has 1 aromatic carbocycles.